The van der Waals surface area contributed by atoms with Crippen molar-refractivity contribution in [3.63, 3.8) is 0 Å². The van der Waals surface area contributed by atoms with Gasteiger partial charge < -0.3 is 9.15 Å². The van der Waals surface area contributed by atoms with Crippen LogP contribution in [0.25, 0.3) is 0 Å². The van der Waals surface area contributed by atoms with Gasteiger partial charge in [-0.1, -0.05) is 29.8 Å². The number of hydrogen-bond donors (Lipinski definition) is 3. The molecule has 4 rings (SSSR count). The fourth-order valence-electron chi connectivity index (χ4n) is 4.04. The Bertz CT molecular complexity index is 1330. The minimum absolute atomic E-state index is 0.0786. The van der Waals surface area contributed by atoms with Crippen molar-refractivity contribution in [1.82, 2.24) is 16.3 Å². The summed E-state index contributed by atoms with van der Waals surface area (Å²) >= 11 is 0. The third-order valence-electron chi connectivity index (χ3n) is 5.75. The van der Waals surface area contributed by atoms with E-state index in [-0.39, 0.29) is 17.2 Å². The summed E-state index contributed by atoms with van der Waals surface area (Å²) < 4.78 is 11.0. The summed E-state index contributed by atoms with van der Waals surface area (Å²) in [5, 5.41) is 4.34. The molecule has 9 nitrogen and oxygen atoms in total. The maximum Gasteiger partial charge on any atom is 0.305 e. The number of furan rings is 1. The maximum absolute atomic E-state index is 12.8. The van der Waals surface area contributed by atoms with Crippen molar-refractivity contribution in [2.75, 3.05) is 7.11 Å². The van der Waals surface area contributed by atoms with Gasteiger partial charge in [0.2, 0.25) is 0 Å². The summed E-state index contributed by atoms with van der Waals surface area (Å²) in [6.07, 6.45) is 2.04. The quantitative estimate of drug-likeness (QED) is 0.489. The molecule has 9 heteroatoms. The lowest BCUT2D eigenvalue weighted by Gasteiger charge is -2.13. The normalized spacial score (nSPS) is 13.6. The SMILES string of the molecule is COc1ccccc1C(=O)NNC(=O)c1oc2c(c1C)/C(=N/NC(=O)c1cccc(C)c1)CCC2. The van der Waals surface area contributed by atoms with Gasteiger partial charge in [0, 0.05) is 23.1 Å². The lowest BCUT2D eigenvalue weighted by molar-refractivity contribution is 0.0827. The lowest BCUT2D eigenvalue weighted by Crippen LogP contribution is -2.41. The van der Waals surface area contributed by atoms with Gasteiger partial charge in [-0.15, -0.1) is 0 Å². The van der Waals surface area contributed by atoms with Crippen LogP contribution in [0.1, 0.15) is 66.6 Å². The minimum Gasteiger partial charge on any atom is -0.496 e. The molecule has 0 radical (unpaired) electrons. The number of carbonyl (C=O) groups excluding carboxylic acids is 3. The molecule has 0 saturated carbocycles. The third-order valence-corrected chi connectivity index (χ3v) is 5.75. The number of para-hydroxylation sites is 1. The van der Waals surface area contributed by atoms with Crippen molar-refractivity contribution >= 4 is 23.4 Å². The highest BCUT2D eigenvalue weighted by Crippen LogP contribution is 2.30. The number of aryl methyl sites for hydroxylation is 2. The molecule has 3 aromatic rings. The molecule has 1 aromatic heterocycles. The monoisotopic (exact) mass is 474 g/mol. The fraction of sp³-hybridized carbons (Fsp3) is 0.231. The number of nitrogens with zero attached hydrogens (tertiary/aromatic N) is 1. The van der Waals surface area contributed by atoms with E-state index in [0.717, 1.165) is 12.0 Å². The topological polar surface area (TPSA) is 122 Å². The van der Waals surface area contributed by atoms with Gasteiger partial charge in [-0.25, -0.2) is 5.43 Å². The van der Waals surface area contributed by atoms with Crippen LogP contribution in [-0.4, -0.2) is 30.5 Å². The molecule has 1 heterocycles. The van der Waals surface area contributed by atoms with Crippen LogP contribution in [0.3, 0.4) is 0 Å². The highest BCUT2D eigenvalue weighted by atomic mass is 16.5. The van der Waals surface area contributed by atoms with Crippen LogP contribution in [0.5, 0.6) is 5.75 Å². The van der Waals surface area contributed by atoms with Crippen molar-refractivity contribution in [1.29, 1.82) is 0 Å². The summed E-state index contributed by atoms with van der Waals surface area (Å²) in [7, 11) is 1.46. The van der Waals surface area contributed by atoms with Crippen LogP contribution in [0.15, 0.2) is 58.0 Å². The summed E-state index contributed by atoms with van der Waals surface area (Å²) in [4.78, 5) is 37.8. The first kappa shape index (κ1) is 23.7. The maximum atomic E-state index is 12.8. The molecule has 180 valence electrons. The molecule has 1 aliphatic carbocycles. The first-order valence-corrected chi connectivity index (χ1v) is 11.2. The number of nitrogens with one attached hydrogen (secondary N) is 3. The van der Waals surface area contributed by atoms with Gasteiger partial charge in [0.15, 0.2) is 5.76 Å². The number of amides is 3. The smallest absolute Gasteiger partial charge is 0.305 e. The highest BCUT2D eigenvalue weighted by Gasteiger charge is 2.28. The van der Waals surface area contributed by atoms with Crippen molar-refractivity contribution in [3.05, 3.63) is 87.9 Å². The Morgan fingerprint density at radius 3 is 2.49 bits per heavy atom. The Morgan fingerprint density at radius 1 is 0.943 bits per heavy atom. The molecule has 0 atom stereocenters. The number of methoxy groups -OCH3 is 1. The van der Waals surface area contributed by atoms with Crippen molar-refractivity contribution in [3.8, 4) is 5.75 Å². The van der Waals surface area contributed by atoms with Gasteiger partial charge in [-0.2, -0.15) is 5.10 Å². The minimum atomic E-state index is -0.594. The van der Waals surface area contributed by atoms with Gasteiger partial charge in [-0.3, -0.25) is 25.2 Å². The number of hydrazone groups is 1. The van der Waals surface area contributed by atoms with Crippen LogP contribution >= 0.6 is 0 Å². The predicted molar refractivity (Wildman–Crippen MR) is 129 cm³/mol. The molecule has 1 aliphatic rings. The van der Waals surface area contributed by atoms with E-state index in [4.69, 9.17) is 9.15 Å². The number of benzene rings is 2. The second-order valence-electron chi connectivity index (χ2n) is 8.19. The molecular formula is C26H26N4O5. The zero-order chi connectivity index (χ0) is 24.9. The molecule has 0 unspecified atom stereocenters. The Balaban J connectivity index is 1.49. The van der Waals surface area contributed by atoms with E-state index in [0.29, 0.717) is 46.8 Å². The van der Waals surface area contributed by atoms with Gasteiger partial charge in [-0.05, 0) is 51.0 Å². The lowest BCUT2D eigenvalue weighted by atomic mass is 9.93. The van der Waals surface area contributed by atoms with E-state index < -0.39 is 11.8 Å². The van der Waals surface area contributed by atoms with Crippen LogP contribution in [-0.2, 0) is 6.42 Å². The Kier molecular flexibility index (Phi) is 6.96. The number of rotatable bonds is 5. The van der Waals surface area contributed by atoms with E-state index in [1.165, 1.54) is 7.11 Å². The zero-order valence-electron chi connectivity index (χ0n) is 19.7. The molecule has 3 N–H and O–H groups in total. The summed E-state index contributed by atoms with van der Waals surface area (Å²) in [6, 6.07) is 13.9. The molecule has 3 amide bonds. The molecule has 0 fully saturated rings. The molecule has 35 heavy (non-hydrogen) atoms. The Labute approximate surface area is 202 Å². The number of hydrogen-bond acceptors (Lipinski definition) is 6. The highest BCUT2D eigenvalue weighted by molar-refractivity contribution is 6.07. The van der Waals surface area contributed by atoms with Gasteiger partial charge in [0.05, 0.1) is 18.4 Å². The van der Waals surface area contributed by atoms with Crippen molar-refractivity contribution in [2.45, 2.75) is 33.1 Å². The first-order valence-electron chi connectivity index (χ1n) is 11.2. The van der Waals surface area contributed by atoms with E-state index in [9.17, 15) is 14.4 Å². The summed E-state index contributed by atoms with van der Waals surface area (Å²) in [5.74, 6) is -0.341. The molecule has 2 aromatic carbocycles. The third kappa shape index (κ3) is 5.08. The average Bonchev–Trinajstić information content (AvgIpc) is 3.22. The van der Waals surface area contributed by atoms with E-state index in [1.54, 1.807) is 43.3 Å². The van der Waals surface area contributed by atoms with E-state index in [1.807, 2.05) is 19.1 Å². The molecule has 0 aliphatic heterocycles. The molecule has 0 bridgehead atoms. The standard InChI is InChI=1S/C26H26N4O5/c1-15-8-6-9-17(14-15)24(31)28-27-19-11-7-13-21-22(19)16(2)23(35-21)26(33)30-29-25(32)18-10-4-5-12-20(18)34-3/h4-6,8-10,12,14H,7,11,13H2,1-3H3,(H,28,31)(H,29,32)(H,30,33)/b27-19+. The fourth-order valence-corrected chi connectivity index (χ4v) is 4.04. The van der Waals surface area contributed by atoms with Crippen LogP contribution < -0.4 is 21.0 Å². The molecular weight excluding hydrogens is 448 g/mol. The average molecular weight is 475 g/mol. The summed E-state index contributed by atoms with van der Waals surface area (Å²) in [6.45, 7) is 3.67. The first-order chi connectivity index (χ1) is 16.9. The largest absolute Gasteiger partial charge is 0.496 e. The van der Waals surface area contributed by atoms with Crippen molar-refractivity contribution in [2.24, 2.45) is 5.10 Å². The van der Waals surface area contributed by atoms with E-state index >= 15 is 0 Å². The van der Waals surface area contributed by atoms with Gasteiger partial charge >= 0.3 is 5.91 Å². The van der Waals surface area contributed by atoms with Crippen LogP contribution in [0.2, 0.25) is 0 Å². The Morgan fingerprint density at radius 2 is 1.71 bits per heavy atom. The van der Waals surface area contributed by atoms with Crippen LogP contribution in [0.4, 0.5) is 0 Å². The van der Waals surface area contributed by atoms with E-state index in [2.05, 4.69) is 21.4 Å². The van der Waals surface area contributed by atoms with Gasteiger partial charge in [0.1, 0.15) is 11.5 Å². The summed E-state index contributed by atoms with van der Waals surface area (Å²) in [5.41, 5.74) is 11.1. The second kappa shape index (κ2) is 10.3. The molecule has 0 spiro atoms. The Hall–Kier alpha value is -4.40. The number of hydrazine groups is 1. The molecule has 0 saturated heterocycles. The number of ether oxygens (including phenoxy) is 1. The van der Waals surface area contributed by atoms with Crippen LogP contribution in [0, 0.1) is 13.8 Å². The predicted octanol–water partition coefficient (Wildman–Crippen LogP) is 3.45. The number of fused-ring (bicyclic) bond motifs is 1. The van der Waals surface area contributed by atoms with Gasteiger partial charge in [0.25, 0.3) is 11.8 Å². The van der Waals surface area contributed by atoms with Crippen molar-refractivity contribution < 1.29 is 23.5 Å². The number of carbonyl (C=O) groups is 3. The zero-order valence-corrected chi connectivity index (χ0v) is 19.7. The second-order valence-corrected chi connectivity index (χ2v) is 8.19.